The van der Waals surface area contributed by atoms with Crippen molar-refractivity contribution in [2.45, 2.75) is 45.2 Å². The molecule has 3 aliphatic rings. The first-order chi connectivity index (χ1) is 12.8. The minimum absolute atomic E-state index is 0. The summed E-state index contributed by atoms with van der Waals surface area (Å²) in [6.07, 6.45) is 0.972. The van der Waals surface area contributed by atoms with Gasteiger partial charge in [-0.05, 0) is 68.5 Å². The van der Waals surface area contributed by atoms with Gasteiger partial charge in [0.2, 0.25) is 0 Å². The molecule has 2 N–H and O–H groups in total. The van der Waals surface area contributed by atoms with E-state index in [1.165, 1.54) is 33.4 Å². The third-order valence-corrected chi connectivity index (χ3v) is 5.61. The molecule has 2 aromatic carbocycles. The quantitative estimate of drug-likeness (QED) is 0.634. The monoisotopic (exact) mass is 430 g/mol. The second-order valence-electron chi connectivity index (χ2n) is 9.27. The van der Waals surface area contributed by atoms with Crippen LogP contribution in [0.4, 0.5) is 0 Å². The molecule has 0 saturated heterocycles. The van der Waals surface area contributed by atoms with Gasteiger partial charge >= 0.3 is 0 Å². The van der Waals surface area contributed by atoms with Crippen molar-refractivity contribution in [2.75, 3.05) is 13.1 Å². The number of rotatable bonds is 2. The van der Waals surface area contributed by atoms with Crippen molar-refractivity contribution >= 4 is 36.5 Å². The van der Waals surface area contributed by atoms with Gasteiger partial charge in [0.15, 0.2) is 0 Å². The molecule has 0 fully saturated rings. The number of hydrogen-bond donors (Lipinski definition) is 2. The van der Waals surface area contributed by atoms with Crippen molar-refractivity contribution < 1.29 is 0 Å². The molecule has 0 bridgehead atoms. The molecule has 0 radical (unpaired) electrons. The molecule has 2 heterocycles. The SMILES string of the molecule is CC1(C)CN=C(c2ccc3c(c2)Cc2cc(C4=NCC(C)(C)N4)ccc2-3)N1.Cl.Cl. The smallest absolute Gasteiger partial charge is 0.128 e. The first kappa shape index (κ1) is 21.7. The average molecular weight is 431 g/mol. The molecule has 0 unspecified atom stereocenters. The van der Waals surface area contributed by atoms with Crippen LogP contribution in [0.5, 0.6) is 0 Å². The Balaban J connectivity index is 0.00000120. The van der Waals surface area contributed by atoms with Gasteiger partial charge in [-0.3, -0.25) is 9.98 Å². The largest absolute Gasteiger partial charge is 0.363 e. The van der Waals surface area contributed by atoms with Gasteiger partial charge in [-0.15, -0.1) is 24.8 Å². The highest BCUT2D eigenvalue weighted by Gasteiger charge is 2.28. The molecule has 6 heteroatoms. The maximum atomic E-state index is 4.69. The number of nitrogens with one attached hydrogen (secondary N) is 2. The summed E-state index contributed by atoms with van der Waals surface area (Å²) in [5.74, 6) is 2.04. The minimum Gasteiger partial charge on any atom is -0.363 e. The van der Waals surface area contributed by atoms with Crippen molar-refractivity contribution in [3.63, 3.8) is 0 Å². The van der Waals surface area contributed by atoms with E-state index in [1.807, 2.05) is 0 Å². The number of amidine groups is 2. The zero-order chi connectivity index (χ0) is 18.8. The Morgan fingerprint density at radius 1 is 0.690 bits per heavy atom. The Bertz CT molecular complexity index is 940. The van der Waals surface area contributed by atoms with E-state index in [0.29, 0.717) is 0 Å². The van der Waals surface area contributed by atoms with Crippen LogP contribution in [0.1, 0.15) is 49.9 Å². The van der Waals surface area contributed by atoms with E-state index in [4.69, 9.17) is 9.98 Å². The molecule has 0 saturated carbocycles. The summed E-state index contributed by atoms with van der Waals surface area (Å²) in [6.45, 7) is 10.4. The number of hydrogen-bond acceptors (Lipinski definition) is 4. The van der Waals surface area contributed by atoms with Gasteiger partial charge in [0.05, 0.1) is 24.2 Å². The van der Waals surface area contributed by atoms with Crippen molar-refractivity contribution in [3.05, 3.63) is 58.7 Å². The molecule has 0 spiro atoms. The molecule has 5 rings (SSSR count). The summed E-state index contributed by atoms with van der Waals surface area (Å²) in [4.78, 5) is 9.39. The zero-order valence-electron chi connectivity index (χ0n) is 17.3. The van der Waals surface area contributed by atoms with E-state index >= 15 is 0 Å². The topological polar surface area (TPSA) is 48.8 Å². The molecule has 0 amide bonds. The second kappa shape index (κ2) is 7.33. The summed E-state index contributed by atoms with van der Waals surface area (Å²) >= 11 is 0. The molecular weight excluding hydrogens is 403 g/mol. The van der Waals surface area contributed by atoms with Crippen LogP contribution in [-0.4, -0.2) is 35.8 Å². The molecule has 1 aliphatic carbocycles. The number of benzene rings is 2. The van der Waals surface area contributed by atoms with E-state index in [1.54, 1.807) is 0 Å². The van der Waals surface area contributed by atoms with Crippen LogP contribution in [0.3, 0.4) is 0 Å². The molecular formula is C23H28Cl2N4. The Morgan fingerprint density at radius 2 is 1.10 bits per heavy atom. The van der Waals surface area contributed by atoms with Crippen LogP contribution in [-0.2, 0) is 6.42 Å². The molecule has 29 heavy (non-hydrogen) atoms. The van der Waals surface area contributed by atoms with Crippen molar-refractivity contribution in [3.8, 4) is 11.1 Å². The third kappa shape index (κ3) is 3.88. The average Bonchev–Trinajstić information content (AvgIpc) is 3.27. The van der Waals surface area contributed by atoms with Gasteiger partial charge in [-0.1, -0.05) is 24.3 Å². The van der Waals surface area contributed by atoms with E-state index < -0.39 is 0 Å². The van der Waals surface area contributed by atoms with Crippen LogP contribution >= 0.6 is 24.8 Å². The standard InChI is InChI=1S/C23H26N4.2ClH/c1-22(2)12-24-20(26-22)14-5-7-18-16(9-14)11-17-10-15(6-8-19(17)18)21-25-13-23(3,4)27-21;;/h5-10H,11-13H2,1-4H3,(H,24,26)(H,25,27);2*1H. The van der Waals surface area contributed by atoms with E-state index in [2.05, 4.69) is 74.7 Å². The van der Waals surface area contributed by atoms with Gasteiger partial charge in [-0.2, -0.15) is 0 Å². The molecule has 2 aromatic rings. The number of fused-ring (bicyclic) bond motifs is 3. The first-order valence-electron chi connectivity index (χ1n) is 9.72. The van der Waals surface area contributed by atoms with Crippen molar-refractivity contribution in [2.24, 2.45) is 9.98 Å². The van der Waals surface area contributed by atoms with Crippen LogP contribution < -0.4 is 10.6 Å². The van der Waals surface area contributed by atoms with Crippen molar-refractivity contribution in [1.82, 2.24) is 10.6 Å². The maximum Gasteiger partial charge on any atom is 0.128 e. The predicted molar refractivity (Wildman–Crippen MR) is 126 cm³/mol. The van der Waals surface area contributed by atoms with Crippen LogP contribution in [0.15, 0.2) is 46.4 Å². The fourth-order valence-electron chi connectivity index (χ4n) is 4.18. The fourth-order valence-corrected chi connectivity index (χ4v) is 4.18. The summed E-state index contributed by atoms with van der Waals surface area (Å²) < 4.78 is 0. The fraction of sp³-hybridized carbons (Fsp3) is 0.391. The number of halogens is 2. The lowest BCUT2D eigenvalue weighted by Gasteiger charge is -2.18. The number of nitrogens with zero attached hydrogens (tertiary/aromatic N) is 2. The highest BCUT2D eigenvalue weighted by Crippen LogP contribution is 2.38. The molecule has 2 aliphatic heterocycles. The molecule has 154 valence electrons. The normalized spacial score (nSPS) is 19.6. The lowest BCUT2D eigenvalue weighted by atomic mass is 10.0. The highest BCUT2D eigenvalue weighted by atomic mass is 35.5. The predicted octanol–water partition coefficient (Wildman–Crippen LogP) is 4.36. The number of aliphatic imine (C=N–C) groups is 2. The molecule has 0 atom stereocenters. The minimum atomic E-state index is 0. The lowest BCUT2D eigenvalue weighted by molar-refractivity contribution is 0.506. The Labute approximate surface area is 185 Å². The first-order valence-corrected chi connectivity index (χ1v) is 9.72. The highest BCUT2D eigenvalue weighted by molar-refractivity contribution is 6.02. The van der Waals surface area contributed by atoms with Crippen LogP contribution in [0.2, 0.25) is 0 Å². The van der Waals surface area contributed by atoms with Crippen LogP contribution in [0, 0.1) is 0 Å². The second-order valence-corrected chi connectivity index (χ2v) is 9.27. The van der Waals surface area contributed by atoms with E-state index in [9.17, 15) is 0 Å². The van der Waals surface area contributed by atoms with Crippen molar-refractivity contribution in [1.29, 1.82) is 0 Å². The Kier molecular flexibility index (Phi) is 5.48. The summed E-state index contributed by atoms with van der Waals surface area (Å²) in [5.41, 5.74) is 7.95. The van der Waals surface area contributed by atoms with Gasteiger partial charge in [0, 0.05) is 11.1 Å². The Hall–Kier alpha value is -2.04. The molecule has 0 aromatic heterocycles. The summed E-state index contributed by atoms with van der Waals surface area (Å²) in [6, 6.07) is 13.5. The maximum absolute atomic E-state index is 4.69. The lowest BCUT2D eigenvalue weighted by Crippen LogP contribution is -2.39. The van der Waals surface area contributed by atoms with E-state index in [-0.39, 0.29) is 35.9 Å². The summed E-state index contributed by atoms with van der Waals surface area (Å²) in [7, 11) is 0. The van der Waals surface area contributed by atoms with Crippen LogP contribution in [0.25, 0.3) is 11.1 Å². The summed E-state index contributed by atoms with van der Waals surface area (Å²) in [5, 5.41) is 7.08. The van der Waals surface area contributed by atoms with Gasteiger partial charge in [-0.25, -0.2) is 0 Å². The zero-order valence-corrected chi connectivity index (χ0v) is 18.9. The van der Waals surface area contributed by atoms with E-state index in [0.717, 1.165) is 31.2 Å². The van der Waals surface area contributed by atoms with Gasteiger partial charge in [0.25, 0.3) is 0 Å². The Morgan fingerprint density at radius 3 is 1.45 bits per heavy atom. The van der Waals surface area contributed by atoms with Gasteiger partial charge < -0.3 is 10.6 Å². The van der Waals surface area contributed by atoms with Gasteiger partial charge in [0.1, 0.15) is 11.7 Å². The third-order valence-electron chi connectivity index (χ3n) is 5.61. The molecule has 4 nitrogen and oxygen atoms in total.